The lowest BCUT2D eigenvalue weighted by Gasteiger charge is -2.22. The Morgan fingerprint density at radius 3 is 2.62 bits per heavy atom. The normalized spacial score (nSPS) is 21.2. The molecular formula is C20H33FN4O. The molecule has 0 saturated carbocycles. The number of hydrogen-bond acceptors (Lipinski definition) is 3. The lowest BCUT2D eigenvalue weighted by Crippen LogP contribution is -2.47. The number of nitrogens with zero attached hydrogens (tertiary/aromatic N) is 2. The molecule has 0 amide bonds. The second kappa shape index (κ2) is 10.4. The minimum absolute atomic E-state index is 0.242. The van der Waals surface area contributed by atoms with Gasteiger partial charge in [-0.2, -0.15) is 0 Å². The van der Waals surface area contributed by atoms with Gasteiger partial charge >= 0.3 is 0 Å². The van der Waals surface area contributed by atoms with E-state index in [9.17, 15) is 4.39 Å². The van der Waals surface area contributed by atoms with Crippen LogP contribution in [0.25, 0.3) is 0 Å². The minimum atomic E-state index is -0.242. The van der Waals surface area contributed by atoms with Gasteiger partial charge in [-0.3, -0.25) is 9.89 Å². The molecule has 0 spiro atoms. The van der Waals surface area contributed by atoms with Gasteiger partial charge in [-0.1, -0.05) is 6.92 Å². The maximum atomic E-state index is 12.8. The van der Waals surface area contributed by atoms with Crippen LogP contribution in [0.5, 0.6) is 5.75 Å². The molecule has 1 heterocycles. The van der Waals surface area contributed by atoms with Gasteiger partial charge in [0.05, 0.1) is 6.61 Å². The van der Waals surface area contributed by atoms with Crippen LogP contribution in [-0.4, -0.2) is 56.2 Å². The third-order valence-corrected chi connectivity index (χ3v) is 4.86. The highest BCUT2D eigenvalue weighted by Crippen LogP contribution is 2.18. The number of benzene rings is 1. The standard InChI is InChI=1S/C20H33FN4O/c1-15(2)25-13-16(3)19(14-25)24-20(22-4)23-11-5-6-12-26-18-9-7-17(21)8-10-18/h7-10,15-16,19H,5-6,11-14H2,1-4H3,(H2,22,23,24). The van der Waals surface area contributed by atoms with Gasteiger partial charge in [-0.25, -0.2) is 4.39 Å². The fourth-order valence-corrected chi connectivity index (χ4v) is 3.14. The molecule has 1 aromatic carbocycles. The molecule has 1 aliphatic rings. The Morgan fingerprint density at radius 2 is 2.00 bits per heavy atom. The first-order valence-electron chi connectivity index (χ1n) is 9.59. The molecule has 2 unspecified atom stereocenters. The zero-order valence-corrected chi connectivity index (χ0v) is 16.5. The number of guanidine groups is 1. The number of halogens is 1. The van der Waals surface area contributed by atoms with Crippen LogP contribution in [0.3, 0.4) is 0 Å². The van der Waals surface area contributed by atoms with Gasteiger partial charge in [0.1, 0.15) is 11.6 Å². The average molecular weight is 365 g/mol. The SMILES string of the molecule is CN=C(NCCCCOc1ccc(F)cc1)NC1CN(C(C)C)CC1C. The summed E-state index contributed by atoms with van der Waals surface area (Å²) < 4.78 is 18.4. The topological polar surface area (TPSA) is 48.9 Å². The van der Waals surface area contributed by atoms with Crippen LogP contribution in [0, 0.1) is 11.7 Å². The summed E-state index contributed by atoms with van der Waals surface area (Å²) in [5.74, 6) is 1.95. The van der Waals surface area contributed by atoms with Crippen molar-refractivity contribution >= 4 is 5.96 Å². The van der Waals surface area contributed by atoms with Crippen molar-refractivity contribution in [1.82, 2.24) is 15.5 Å². The van der Waals surface area contributed by atoms with Crippen LogP contribution in [0.15, 0.2) is 29.3 Å². The van der Waals surface area contributed by atoms with Crippen molar-refractivity contribution in [2.75, 3.05) is 33.3 Å². The van der Waals surface area contributed by atoms with Crippen molar-refractivity contribution in [2.45, 2.75) is 45.7 Å². The number of rotatable bonds is 8. The molecule has 5 nitrogen and oxygen atoms in total. The van der Waals surface area contributed by atoms with E-state index in [2.05, 4.69) is 41.3 Å². The molecule has 2 N–H and O–H groups in total. The molecule has 0 aliphatic carbocycles. The Kier molecular flexibility index (Phi) is 8.16. The number of aliphatic imine (C=N–C) groups is 1. The van der Waals surface area contributed by atoms with E-state index in [0.717, 1.165) is 38.4 Å². The van der Waals surface area contributed by atoms with Gasteiger partial charge in [-0.15, -0.1) is 0 Å². The van der Waals surface area contributed by atoms with E-state index in [1.165, 1.54) is 12.1 Å². The first-order chi connectivity index (χ1) is 12.5. The van der Waals surface area contributed by atoms with Crippen molar-refractivity contribution in [1.29, 1.82) is 0 Å². The highest BCUT2D eigenvalue weighted by molar-refractivity contribution is 5.80. The molecule has 2 atom stereocenters. The summed E-state index contributed by atoms with van der Waals surface area (Å²) in [6.07, 6.45) is 1.92. The van der Waals surface area contributed by atoms with E-state index in [0.29, 0.717) is 30.4 Å². The molecule has 1 aromatic rings. The molecule has 2 rings (SSSR count). The molecule has 0 bridgehead atoms. The molecule has 0 aromatic heterocycles. The molecule has 1 saturated heterocycles. The molecular weight excluding hydrogens is 331 g/mol. The van der Waals surface area contributed by atoms with Crippen molar-refractivity contribution in [3.63, 3.8) is 0 Å². The average Bonchev–Trinajstić information content (AvgIpc) is 2.99. The summed E-state index contributed by atoms with van der Waals surface area (Å²) in [5.41, 5.74) is 0. The van der Waals surface area contributed by atoms with Crippen LogP contribution >= 0.6 is 0 Å². The van der Waals surface area contributed by atoms with Gasteiger partial charge in [-0.05, 0) is 56.9 Å². The zero-order chi connectivity index (χ0) is 18.9. The summed E-state index contributed by atoms with van der Waals surface area (Å²) in [6, 6.07) is 7.16. The van der Waals surface area contributed by atoms with Crippen LogP contribution in [0.2, 0.25) is 0 Å². The van der Waals surface area contributed by atoms with E-state index in [4.69, 9.17) is 4.74 Å². The highest BCUT2D eigenvalue weighted by Gasteiger charge is 2.31. The van der Waals surface area contributed by atoms with Crippen LogP contribution in [0.1, 0.15) is 33.6 Å². The molecule has 1 fully saturated rings. The Morgan fingerprint density at radius 1 is 1.27 bits per heavy atom. The van der Waals surface area contributed by atoms with Crippen molar-refractivity contribution < 1.29 is 9.13 Å². The Labute approximate surface area is 157 Å². The predicted molar refractivity (Wildman–Crippen MR) is 105 cm³/mol. The summed E-state index contributed by atoms with van der Waals surface area (Å²) in [5, 5.41) is 6.94. The fraction of sp³-hybridized carbons (Fsp3) is 0.650. The summed E-state index contributed by atoms with van der Waals surface area (Å²) >= 11 is 0. The molecule has 146 valence electrons. The van der Waals surface area contributed by atoms with Gasteiger partial charge in [0.25, 0.3) is 0 Å². The van der Waals surface area contributed by atoms with E-state index in [1.54, 1.807) is 12.1 Å². The lowest BCUT2D eigenvalue weighted by atomic mass is 10.1. The smallest absolute Gasteiger partial charge is 0.191 e. The maximum absolute atomic E-state index is 12.8. The van der Waals surface area contributed by atoms with E-state index >= 15 is 0 Å². The summed E-state index contributed by atoms with van der Waals surface area (Å²) in [6.45, 7) is 10.5. The van der Waals surface area contributed by atoms with E-state index in [-0.39, 0.29) is 5.82 Å². The maximum Gasteiger partial charge on any atom is 0.191 e. The Hall–Kier alpha value is -1.82. The zero-order valence-electron chi connectivity index (χ0n) is 16.5. The molecule has 0 radical (unpaired) electrons. The second-order valence-electron chi connectivity index (χ2n) is 7.28. The number of likely N-dealkylation sites (tertiary alicyclic amines) is 1. The van der Waals surface area contributed by atoms with Gasteiger partial charge < -0.3 is 15.4 Å². The van der Waals surface area contributed by atoms with Crippen molar-refractivity contribution in [3.05, 3.63) is 30.1 Å². The van der Waals surface area contributed by atoms with Crippen LogP contribution in [0.4, 0.5) is 4.39 Å². The summed E-state index contributed by atoms with van der Waals surface area (Å²) in [4.78, 5) is 6.84. The quantitative estimate of drug-likeness (QED) is 0.423. The third-order valence-electron chi connectivity index (χ3n) is 4.86. The predicted octanol–water partition coefficient (Wildman–Crippen LogP) is 2.88. The number of hydrogen-bond donors (Lipinski definition) is 2. The third kappa shape index (κ3) is 6.48. The summed E-state index contributed by atoms with van der Waals surface area (Å²) in [7, 11) is 1.81. The van der Waals surface area contributed by atoms with E-state index in [1.807, 2.05) is 7.05 Å². The number of nitrogens with one attached hydrogen (secondary N) is 2. The molecule has 26 heavy (non-hydrogen) atoms. The molecule has 6 heteroatoms. The fourth-order valence-electron chi connectivity index (χ4n) is 3.14. The Bertz CT molecular complexity index is 561. The first-order valence-corrected chi connectivity index (χ1v) is 9.59. The Balaban J connectivity index is 1.61. The van der Waals surface area contributed by atoms with Crippen molar-refractivity contribution in [3.8, 4) is 5.75 Å². The van der Waals surface area contributed by atoms with Gasteiger partial charge in [0, 0.05) is 38.8 Å². The second-order valence-corrected chi connectivity index (χ2v) is 7.28. The van der Waals surface area contributed by atoms with Crippen LogP contribution in [-0.2, 0) is 0 Å². The monoisotopic (exact) mass is 364 g/mol. The van der Waals surface area contributed by atoms with Crippen LogP contribution < -0.4 is 15.4 Å². The number of ether oxygens (including phenoxy) is 1. The lowest BCUT2D eigenvalue weighted by molar-refractivity contribution is 0.265. The minimum Gasteiger partial charge on any atom is -0.494 e. The first kappa shape index (κ1) is 20.5. The van der Waals surface area contributed by atoms with E-state index < -0.39 is 0 Å². The highest BCUT2D eigenvalue weighted by atomic mass is 19.1. The van der Waals surface area contributed by atoms with Gasteiger partial charge in [0.2, 0.25) is 0 Å². The van der Waals surface area contributed by atoms with Gasteiger partial charge in [0.15, 0.2) is 5.96 Å². The van der Waals surface area contributed by atoms with Crippen molar-refractivity contribution in [2.24, 2.45) is 10.9 Å². The largest absolute Gasteiger partial charge is 0.494 e. The molecule has 1 aliphatic heterocycles. The number of unbranched alkanes of at least 4 members (excludes halogenated alkanes) is 1.